The molecule has 0 amide bonds. The lowest BCUT2D eigenvalue weighted by molar-refractivity contribution is 0.668. The van der Waals surface area contributed by atoms with Crippen LogP contribution < -0.4 is 0 Å². The molecule has 0 bridgehead atoms. The third-order valence-electron chi connectivity index (χ3n) is 11.7. The van der Waals surface area contributed by atoms with Gasteiger partial charge in [0.05, 0.1) is 28.1 Å². The number of rotatable bonds is 4. The van der Waals surface area contributed by atoms with Gasteiger partial charge in [-0.15, -0.1) is 0 Å². The molecule has 0 atom stereocenters. The van der Waals surface area contributed by atoms with Gasteiger partial charge in [0.1, 0.15) is 11.2 Å². The van der Waals surface area contributed by atoms with Crippen LogP contribution in [0.1, 0.15) is 5.56 Å². The minimum absolute atomic E-state index is 0.649. The minimum Gasteiger partial charge on any atom is -0.456 e. The summed E-state index contributed by atoms with van der Waals surface area (Å²) in [7, 11) is 0. The van der Waals surface area contributed by atoms with E-state index >= 15 is 0 Å². The molecule has 0 radical (unpaired) electrons. The second-order valence-electron chi connectivity index (χ2n) is 15.0. The Morgan fingerprint density at radius 2 is 1.07 bits per heavy atom. The Bertz CT molecular complexity index is 3600. The number of nitrogens with zero attached hydrogens (tertiary/aromatic N) is 3. The van der Waals surface area contributed by atoms with Crippen molar-refractivity contribution in [1.29, 1.82) is 0 Å². The first-order valence-corrected chi connectivity index (χ1v) is 19.4. The molecule has 0 unspecified atom stereocenters. The fourth-order valence-electron chi connectivity index (χ4n) is 9.03. The Balaban J connectivity index is 1.20. The first kappa shape index (κ1) is 31.8. The maximum Gasteiger partial charge on any atom is 0.161 e. The fraction of sp³-hybridized carbons (Fsp3) is 0.0189. The van der Waals surface area contributed by atoms with Gasteiger partial charge in [-0.1, -0.05) is 140 Å². The van der Waals surface area contributed by atoms with Crippen LogP contribution in [-0.4, -0.2) is 14.5 Å². The molecule has 0 fully saturated rings. The van der Waals surface area contributed by atoms with Gasteiger partial charge in [0.15, 0.2) is 5.82 Å². The summed E-state index contributed by atoms with van der Waals surface area (Å²) in [5.74, 6) is 0.649. The highest BCUT2D eigenvalue weighted by atomic mass is 16.3. The van der Waals surface area contributed by atoms with Gasteiger partial charge >= 0.3 is 0 Å². The summed E-state index contributed by atoms with van der Waals surface area (Å²) in [5, 5.41) is 11.5. The molecule has 0 spiro atoms. The van der Waals surface area contributed by atoms with Crippen LogP contribution in [0.2, 0.25) is 0 Å². The quantitative estimate of drug-likeness (QED) is 0.181. The van der Waals surface area contributed by atoms with Crippen molar-refractivity contribution in [2.75, 3.05) is 0 Å². The van der Waals surface area contributed by atoms with Crippen LogP contribution in [0.25, 0.3) is 116 Å². The lowest BCUT2D eigenvalue weighted by atomic mass is 9.95. The monoisotopic (exact) mass is 727 g/mol. The van der Waals surface area contributed by atoms with Crippen LogP contribution in [-0.2, 0) is 0 Å². The van der Waals surface area contributed by atoms with Crippen molar-refractivity contribution in [2.45, 2.75) is 6.92 Å². The maximum absolute atomic E-state index is 6.74. The Morgan fingerprint density at radius 1 is 0.421 bits per heavy atom. The molecule has 57 heavy (non-hydrogen) atoms. The average molecular weight is 728 g/mol. The van der Waals surface area contributed by atoms with Gasteiger partial charge < -0.3 is 8.98 Å². The molecule has 0 aliphatic rings. The zero-order chi connectivity index (χ0) is 37.6. The minimum atomic E-state index is 0.649. The molecule has 0 N–H and O–H groups in total. The van der Waals surface area contributed by atoms with Crippen LogP contribution in [0.15, 0.2) is 186 Å². The third kappa shape index (κ3) is 4.87. The van der Waals surface area contributed by atoms with Gasteiger partial charge in [-0.3, -0.25) is 0 Å². The molecule has 0 aliphatic carbocycles. The topological polar surface area (TPSA) is 43.9 Å². The zero-order valence-corrected chi connectivity index (χ0v) is 31.1. The van der Waals surface area contributed by atoms with E-state index in [9.17, 15) is 0 Å². The van der Waals surface area contributed by atoms with Gasteiger partial charge in [-0.2, -0.15) is 0 Å². The maximum atomic E-state index is 6.74. The molecular formula is C53H33N3O. The molecule has 4 nitrogen and oxygen atoms in total. The number of aromatic nitrogens is 3. The molecule has 0 aliphatic heterocycles. The van der Waals surface area contributed by atoms with Crippen molar-refractivity contribution in [1.82, 2.24) is 14.5 Å². The van der Waals surface area contributed by atoms with Crippen LogP contribution in [0.5, 0.6) is 0 Å². The van der Waals surface area contributed by atoms with Gasteiger partial charge in [-0.05, 0) is 75.6 Å². The van der Waals surface area contributed by atoms with Gasteiger partial charge in [0.2, 0.25) is 0 Å². The summed E-state index contributed by atoms with van der Waals surface area (Å²) in [6, 6.07) is 64.8. The zero-order valence-electron chi connectivity index (χ0n) is 31.1. The van der Waals surface area contributed by atoms with Crippen molar-refractivity contribution in [3.05, 3.63) is 188 Å². The molecule has 12 rings (SSSR count). The number of furan rings is 1. The van der Waals surface area contributed by atoms with E-state index in [2.05, 4.69) is 181 Å². The number of fused-ring (bicyclic) bond motifs is 9. The molecular weight excluding hydrogens is 695 g/mol. The number of benzene rings is 9. The average Bonchev–Trinajstić information content (AvgIpc) is 3.80. The lowest BCUT2D eigenvalue weighted by Crippen LogP contribution is -2.02. The molecule has 3 aromatic heterocycles. The highest BCUT2D eigenvalue weighted by molar-refractivity contribution is 6.16. The van der Waals surface area contributed by atoms with E-state index in [4.69, 9.17) is 14.4 Å². The number of hydrogen-bond donors (Lipinski definition) is 0. The van der Waals surface area contributed by atoms with Gasteiger partial charge in [-0.25, -0.2) is 9.97 Å². The Hall–Kier alpha value is -7.56. The van der Waals surface area contributed by atoms with Crippen molar-refractivity contribution in [3.8, 4) is 39.6 Å². The van der Waals surface area contributed by atoms with Crippen molar-refractivity contribution in [2.24, 2.45) is 0 Å². The fourth-order valence-corrected chi connectivity index (χ4v) is 9.03. The SMILES string of the molecule is Cc1c(-c2ccc3ccccc3c2)nc(-c2cc(-n3c4ccccc4c4cc5ccccc5cc43)cc3oc4ccccc4c23)nc1-c1cccc2ccccc12. The number of hydrogen-bond acceptors (Lipinski definition) is 3. The smallest absolute Gasteiger partial charge is 0.161 e. The van der Waals surface area contributed by atoms with E-state index in [1.165, 1.54) is 37.7 Å². The Morgan fingerprint density at radius 3 is 1.91 bits per heavy atom. The molecule has 12 aromatic rings. The molecule has 266 valence electrons. The van der Waals surface area contributed by atoms with E-state index in [0.29, 0.717) is 5.82 Å². The van der Waals surface area contributed by atoms with Crippen LogP contribution in [0.4, 0.5) is 0 Å². The second kappa shape index (κ2) is 12.2. The molecule has 4 heteroatoms. The summed E-state index contributed by atoms with van der Waals surface area (Å²) in [6.45, 7) is 2.16. The molecule has 9 aromatic carbocycles. The first-order chi connectivity index (χ1) is 28.2. The van der Waals surface area contributed by atoms with Gasteiger partial charge in [0, 0.05) is 49.9 Å². The van der Waals surface area contributed by atoms with Crippen LogP contribution in [0, 0.1) is 6.92 Å². The highest BCUT2D eigenvalue weighted by Gasteiger charge is 2.23. The summed E-state index contributed by atoms with van der Waals surface area (Å²) in [5.41, 5.74) is 10.8. The third-order valence-corrected chi connectivity index (χ3v) is 11.7. The summed E-state index contributed by atoms with van der Waals surface area (Å²) in [6.07, 6.45) is 0. The molecule has 3 heterocycles. The van der Waals surface area contributed by atoms with E-state index < -0.39 is 0 Å². The highest BCUT2D eigenvalue weighted by Crippen LogP contribution is 2.43. The summed E-state index contributed by atoms with van der Waals surface area (Å²) in [4.78, 5) is 11.1. The largest absolute Gasteiger partial charge is 0.456 e. The first-order valence-electron chi connectivity index (χ1n) is 19.4. The van der Waals surface area contributed by atoms with Crippen LogP contribution >= 0.6 is 0 Å². The van der Waals surface area contributed by atoms with Crippen molar-refractivity contribution < 1.29 is 4.42 Å². The predicted molar refractivity (Wildman–Crippen MR) is 237 cm³/mol. The van der Waals surface area contributed by atoms with E-state index in [0.717, 1.165) is 77.7 Å². The Kier molecular flexibility index (Phi) is 6.81. The van der Waals surface area contributed by atoms with Crippen molar-refractivity contribution >= 4 is 76.1 Å². The standard InChI is InChI=1S/C53H33N3O/c1-32-51(38-26-25-33-13-2-3-15-35(33)27-38)54-53(55-52(32)42-22-12-18-34-14-6-7-19-40(34)42)45-30-39(31-49-50(45)43-21-9-11-24-48(43)57-49)56-46-23-10-8-20-41(46)44-28-36-16-4-5-17-37(36)29-47(44)56/h2-31H,1H3. The Labute approximate surface area is 327 Å². The molecule has 0 saturated heterocycles. The number of para-hydroxylation sites is 2. The lowest BCUT2D eigenvalue weighted by Gasteiger charge is -2.17. The van der Waals surface area contributed by atoms with Crippen LogP contribution in [0.3, 0.4) is 0 Å². The van der Waals surface area contributed by atoms with Crippen molar-refractivity contribution in [3.63, 3.8) is 0 Å². The predicted octanol–water partition coefficient (Wildman–Crippen LogP) is 14.2. The molecule has 0 saturated carbocycles. The second-order valence-corrected chi connectivity index (χ2v) is 15.0. The van der Waals surface area contributed by atoms with E-state index in [1.807, 2.05) is 12.1 Å². The van der Waals surface area contributed by atoms with E-state index in [1.54, 1.807) is 0 Å². The van der Waals surface area contributed by atoms with E-state index in [-0.39, 0.29) is 0 Å². The normalized spacial score (nSPS) is 11.9. The summed E-state index contributed by atoms with van der Waals surface area (Å²) < 4.78 is 9.11. The van der Waals surface area contributed by atoms with Gasteiger partial charge in [0.25, 0.3) is 0 Å². The summed E-state index contributed by atoms with van der Waals surface area (Å²) >= 11 is 0.